The predicted molar refractivity (Wildman–Crippen MR) is 106 cm³/mol. The van der Waals surface area contributed by atoms with Crippen molar-refractivity contribution in [3.63, 3.8) is 0 Å². The predicted octanol–water partition coefficient (Wildman–Crippen LogP) is 2.88. The van der Waals surface area contributed by atoms with Crippen LogP contribution in [-0.2, 0) is 6.42 Å². The first-order chi connectivity index (χ1) is 12.1. The fourth-order valence-corrected chi connectivity index (χ4v) is 3.23. The summed E-state index contributed by atoms with van der Waals surface area (Å²) in [6, 6.07) is 11.2. The highest BCUT2D eigenvalue weighted by Gasteiger charge is 2.09. The SMILES string of the molecule is CN=C(NCCNC(=O)c1ccccc1Cl)N(C)CCc1cccs1. The zero-order valence-electron chi connectivity index (χ0n) is 14.5. The van der Waals surface area contributed by atoms with Crippen LogP contribution in [0.15, 0.2) is 46.8 Å². The van der Waals surface area contributed by atoms with Crippen LogP contribution in [0.4, 0.5) is 0 Å². The van der Waals surface area contributed by atoms with Crippen LogP contribution in [0.5, 0.6) is 0 Å². The van der Waals surface area contributed by atoms with Gasteiger partial charge in [0.25, 0.3) is 5.91 Å². The molecule has 0 fully saturated rings. The lowest BCUT2D eigenvalue weighted by atomic mass is 10.2. The van der Waals surface area contributed by atoms with E-state index >= 15 is 0 Å². The number of guanidine groups is 1. The number of nitrogens with zero attached hydrogens (tertiary/aromatic N) is 2. The number of hydrogen-bond donors (Lipinski definition) is 2. The van der Waals surface area contributed by atoms with Gasteiger partial charge in [-0.05, 0) is 30.0 Å². The van der Waals surface area contributed by atoms with Gasteiger partial charge in [0.2, 0.25) is 0 Å². The van der Waals surface area contributed by atoms with E-state index in [1.54, 1.807) is 42.6 Å². The molecule has 1 heterocycles. The second kappa shape index (κ2) is 10.1. The molecule has 134 valence electrons. The van der Waals surface area contributed by atoms with E-state index in [-0.39, 0.29) is 5.91 Å². The van der Waals surface area contributed by atoms with Crippen LogP contribution in [0, 0.1) is 0 Å². The summed E-state index contributed by atoms with van der Waals surface area (Å²) in [6.07, 6.45) is 0.984. The van der Waals surface area contributed by atoms with Gasteiger partial charge in [-0.25, -0.2) is 0 Å². The van der Waals surface area contributed by atoms with E-state index in [0.29, 0.717) is 23.7 Å². The van der Waals surface area contributed by atoms with Crippen molar-refractivity contribution in [1.29, 1.82) is 0 Å². The maximum atomic E-state index is 12.1. The molecule has 1 amide bonds. The minimum Gasteiger partial charge on any atom is -0.354 e. The Bertz CT molecular complexity index is 703. The molecule has 0 unspecified atom stereocenters. The van der Waals surface area contributed by atoms with Crippen molar-refractivity contribution in [3.05, 3.63) is 57.2 Å². The average Bonchev–Trinajstić information content (AvgIpc) is 3.13. The van der Waals surface area contributed by atoms with Crippen molar-refractivity contribution in [2.24, 2.45) is 4.99 Å². The Labute approximate surface area is 157 Å². The highest BCUT2D eigenvalue weighted by atomic mass is 35.5. The number of hydrogen-bond acceptors (Lipinski definition) is 3. The zero-order valence-corrected chi connectivity index (χ0v) is 16.0. The second-order valence-electron chi connectivity index (χ2n) is 5.46. The Morgan fingerprint density at radius 1 is 1.20 bits per heavy atom. The molecule has 0 saturated carbocycles. The molecule has 5 nitrogen and oxygen atoms in total. The molecule has 1 aromatic heterocycles. The normalized spacial score (nSPS) is 11.2. The van der Waals surface area contributed by atoms with Gasteiger partial charge in [0.1, 0.15) is 0 Å². The average molecular weight is 379 g/mol. The van der Waals surface area contributed by atoms with E-state index in [1.165, 1.54) is 4.88 Å². The zero-order chi connectivity index (χ0) is 18.1. The minimum absolute atomic E-state index is 0.173. The molecule has 0 bridgehead atoms. The topological polar surface area (TPSA) is 56.7 Å². The molecule has 2 rings (SSSR count). The van der Waals surface area contributed by atoms with Crippen LogP contribution in [0.1, 0.15) is 15.2 Å². The fourth-order valence-electron chi connectivity index (χ4n) is 2.31. The lowest BCUT2D eigenvalue weighted by molar-refractivity contribution is 0.0954. The molecule has 0 spiro atoms. The van der Waals surface area contributed by atoms with Crippen LogP contribution in [0.2, 0.25) is 5.02 Å². The standard InChI is InChI=1S/C18H23ClN4OS/c1-20-18(23(2)12-9-14-6-5-13-25-14)22-11-10-21-17(24)15-7-3-4-8-16(15)19/h3-8,13H,9-12H2,1-2H3,(H,20,22)(H,21,24). The molecule has 0 aliphatic carbocycles. The minimum atomic E-state index is -0.173. The molecule has 2 N–H and O–H groups in total. The van der Waals surface area contributed by atoms with Gasteiger partial charge in [-0.1, -0.05) is 29.8 Å². The summed E-state index contributed by atoms with van der Waals surface area (Å²) in [7, 11) is 3.76. The Morgan fingerprint density at radius 3 is 2.64 bits per heavy atom. The van der Waals surface area contributed by atoms with Crippen LogP contribution in [0.3, 0.4) is 0 Å². The number of carbonyl (C=O) groups is 1. The summed E-state index contributed by atoms with van der Waals surface area (Å²) < 4.78 is 0. The lowest BCUT2D eigenvalue weighted by Crippen LogP contribution is -2.43. The largest absolute Gasteiger partial charge is 0.354 e. The number of benzene rings is 1. The number of halogens is 1. The first kappa shape index (κ1) is 19.3. The van der Waals surface area contributed by atoms with Crippen molar-refractivity contribution in [1.82, 2.24) is 15.5 Å². The van der Waals surface area contributed by atoms with Gasteiger partial charge in [0.05, 0.1) is 10.6 Å². The van der Waals surface area contributed by atoms with Crippen LogP contribution < -0.4 is 10.6 Å². The number of thiophene rings is 1. The fraction of sp³-hybridized carbons (Fsp3) is 0.333. The number of carbonyl (C=O) groups excluding carboxylic acids is 1. The second-order valence-corrected chi connectivity index (χ2v) is 6.90. The third kappa shape index (κ3) is 6.07. The molecule has 2 aromatic rings. The lowest BCUT2D eigenvalue weighted by Gasteiger charge is -2.22. The molecular formula is C18H23ClN4OS. The molecule has 25 heavy (non-hydrogen) atoms. The highest BCUT2D eigenvalue weighted by Crippen LogP contribution is 2.14. The summed E-state index contributed by atoms with van der Waals surface area (Å²) in [5.41, 5.74) is 0.488. The summed E-state index contributed by atoms with van der Waals surface area (Å²) in [5, 5.41) is 8.65. The first-order valence-corrected chi connectivity index (χ1v) is 9.34. The first-order valence-electron chi connectivity index (χ1n) is 8.08. The third-order valence-corrected chi connectivity index (χ3v) is 4.93. The Balaban J connectivity index is 1.72. The van der Waals surface area contributed by atoms with Crippen molar-refractivity contribution in [3.8, 4) is 0 Å². The highest BCUT2D eigenvalue weighted by molar-refractivity contribution is 7.09. The van der Waals surface area contributed by atoms with Gasteiger partial charge in [-0.2, -0.15) is 0 Å². The van der Waals surface area contributed by atoms with Gasteiger partial charge in [0, 0.05) is 38.6 Å². The monoisotopic (exact) mass is 378 g/mol. The van der Waals surface area contributed by atoms with Gasteiger partial charge in [-0.3, -0.25) is 9.79 Å². The van der Waals surface area contributed by atoms with Gasteiger partial charge < -0.3 is 15.5 Å². The molecule has 0 radical (unpaired) electrons. The van der Waals surface area contributed by atoms with Crippen LogP contribution >= 0.6 is 22.9 Å². The molecule has 1 aromatic carbocycles. The Kier molecular flexibility index (Phi) is 7.76. The summed E-state index contributed by atoms with van der Waals surface area (Å²) in [5.74, 6) is 0.636. The van der Waals surface area contributed by atoms with E-state index in [9.17, 15) is 4.79 Å². The number of rotatable bonds is 7. The van der Waals surface area contributed by atoms with Crippen molar-refractivity contribution < 1.29 is 4.79 Å². The summed E-state index contributed by atoms with van der Waals surface area (Å²) in [6.45, 7) is 1.96. The maximum Gasteiger partial charge on any atom is 0.252 e. The van der Waals surface area contributed by atoms with E-state index in [2.05, 4.69) is 38.0 Å². The number of likely N-dealkylation sites (N-methyl/N-ethyl adjacent to an activating group) is 1. The van der Waals surface area contributed by atoms with Crippen LogP contribution in [-0.4, -0.2) is 50.5 Å². The number of amides is 1. The quantitative estimate of drug-likeness (QED) is 0.442. The smallest absolute Gasteiger partial charge is 0.252 e. The molecule has 0 aliphatic rings. The van der Waals surface area contributed by atoms with E-state index < -0.39 is 0 Å². The Hall–Kier alpha value is -2.05. The summed E-state index contributed by atoms with van der Waals surface area (Å²) in [4.78, 5) is 19.8. The maximum absolute atomic E-state index is 12.1. The molecule has 0 atom stereocenters. The van der Waals surface area contributed by atoms with E-state index in [0.717, 1.165) is 18.9 Å². The van der Waals surface area contributed by atoms with Crippen molar-refractivity contribution >= 4 is 34.8 Å². The van der Waals surface area contributed by atoms with E-state index in [1.807, 2.05) is 7.05 Å². The molecular weight excluding hydrogens is 356 g/mol. The Morgan fingerprint density at radius 2 is 1.96 bits per heavy atom. The van der Waals surface area contributed by atoms with Gasteiger partial charge in [-0.15, -0.1) is 11.3 Å². The van der Waals surface area contributed by atoms with E-state index in [4.69, 9.17) is 11.6 Å². The molecule has 7 heteroatoms. The number of aliphatic imine (C=N–C) groups is 1. The van der Waals surface area contributed by atoms with Crippen molar-refractivity contribution in [2.45, 2.75) is 6.42 Å². The third-order valence-electron chi connectivity index (χ3n) is 3.66. The molecule has 0 aliphatic heterocycles. The molecule has 0 saturated heterocycles. The van der Waals surface area contributed by atoms with Crippen molar-refractivity contribution in [2.75, 3.05) is 33.7 Å². The van der Waals surface area contributed by atoms with Crippen LogP contribution in [0.25, 0.3) is 0 Å². The number of nitrogens with one attached hydrogen (secondary N) is 2. The summed E-state index contributed by atoms with van der Waals surface area (Å²) >= 11 is 7.78. The van der Waals surface area contributed by atoms with Gasteiger partial charge >= 0.3 is 0 Å². The van der Waals surface area contributed by atoms with Gasteiger partial charge in [0.15, 0.2) is 5.96 Å².